The highest BCUT2D eigenvalue weighted by atomic mass is 32.1. The van der Waals surface area contributed by atoms with E-state index in [0.717, 1.165) is 28.3 Å². The smallest absolute Gasteiger partial charge is 0.307 e. The fraction of sp³-hybridized carbons (Fsp3) is 0.444. The molecule has 0 aliphatic rings. The number of nitrogens with zero attached hydrogens (tertiary/aromatic N) is 1. The lowest BCUT2D eigenvalue weighted by atomic mass is 10.1. The molecule has 2 aromatic rings. The number of ether oxygens (including phenoxy) is 1. The van der Waals surface area contributed by atoms with Crippen LogP contribution in [0.4, 0.5) is 0 Å². The largest absolute Gasteiger partial charge is 0.491 e. The molecule has 1 aromatic heterocycles. The third kappa shape index (κ3) is 4.71. The van der Waals surface area contributed by atoms with Gasteiger partial charge in [0.2, 0.25) is 5.91 Å². The number of carbonyl (C=O) groups is 1. The summed E-state index contributed by atoms with van der Waals surface area (Å²) in [6.45, 7) is 8.15. The monoisotopic (exact) mass is 348 g/mol. The van der Waals surface area contributed by atoms with Gasteiger partial charge in [-0.2, -0.15) is 0 Å². The van der Waals surface area contributed by atoms with E-state index in [-0.39, 0.29) is 29.3 Å². The number of hydrogen-bond acceptors (Lipinski definition) is 4. The van der Waals surface area contributed by atoms with Crippen molar-refractivity contribution in [3.05, 3.63) is 50.6 Å². The molecule has 0 saturated heterocycles. The average Bonchev–Trinajstić information content (AvgIpc) is 2.83. The van der Waals surface area contributed by atoms with Crippen molar-refractivity contribution >= 4 is 17.2 Å². The highest BCUT2D eigenvalue weighted by Crippen LogP contribution is 2.25. The van der Waals surface area contributed by atoms with Crippen LogP contribution in [0.3, 0.4) is 0 Å². The molecule has 0 spiro atoms. The van der Waals surface area contributed by atoms with Gasteiger partial charge in [0.25, 0.3) is 0 Å². The maximum Gasteiger partial charge on any atom is 0.307 e. The van der Waals surface area contributed by atoms with E-state index in [1.807, 2.05) is 57.3 Å². The quantitative estimate of drug-likeness (QED) is 0.835. The predicted molar refractivity (Wildman–Crippen MR) is 96.7 cm³/mol. The summed E-state index contributed by atoms with van der Waals surface area (Å²) in [6.07, 6.45) is 0.345. The number of rotatable bonds is 7. The molecule has 24 heavy (non-hydrogen) atoms. The van der Waals surface area contributed by atoms with Gasteiger partial charge in [-0.1, -0.05) is 29.5 Å². The molecule has 6 heteroatoms. The molecule has 1 aromatic carbocycles. The van der Waals surface area contributed by atoms with Gasteiger partial charge in [-0.25, -0.2) is 0 Å². The Bertz CT molecular complexity index is 749. The van der Waals surface area contributed by atoms with Crippen molar-refractivity contribution in [3.63, 3.8) is 0 Å². The normalized spacial score (nSPS) is 12.2. The molecule has 2 rings (SSSR count). The van der Waals surface area contributed by atoms with Crippen molar-refractivity contribution < 1.29 is 9.53 Å². The summed E-state index contributed by atoms with van der Waals surface area (Å²) >= 11 is 1.16. The maximum absolute atomic E-state index is 12.2. The zero-order valence-electron chi connectivity index (χ0n) is 14.5. The maximum atomic E-state index is 12.2. The van der Waals surface area contributed by atoms with E-state index in [2.05, 4.69) is 5.32 Å². The second kappa shape index (κ2) is 8.15. The summed E-state index contributed by atoms with van der Waals surface area (Å²) in [5, 5.41) is 4.79. The van der Waals surface area contributed by atoms with E-state index in [1.54, 1.807) is 4.57 Å². The molecule has 0 aliphatic heterocycles. The Balaban J connectivity index is 1.98. The molecule has 0 aliphatic carbocycles. The third-order valence-electron chi connectivity index (χ3n) is 3.66. The van der Waals surface area contributed by atoms with Crippen molar-refractivity contribution in [1.82, 2.24) is 9.88 Å². The van der Waals surface area contributed by atoms with E-state index >= 15 is 0 Å². The van der Waals surface area contributed by atoms with Crippen molar-refractivity contribution in [2.24, 2.45) is 0 Å². The molecule has 0 fully saturated rings. The van der Waals surface area contributed by atoms with Gasteiger partial charge in [-0.3, -0.25) is 9.59 Å². The van der Waals surface area contributed by atoms with Gasteiger partial charge in [-0.05, 0) is 33.8 Å². The summed E-state index contributed by atoms with van der Waals surface area (Å²) in [6, 6.07) is 7.55. The van der Waals surface area contributed by atoms with Crippen molar-refractivity contribution in [1.29, 1.82) is 0 Å². The number of carbonyl (C=O) groups excluding carboxylic acids is 1. The van der Waals surface area contributed by atoms with Crippen LogP contribution in [0.25, 0.3) is 0 Å². The van der Waals surface area contributed by atoms with Crippen LogP contribution in [0.2, 0.25) is 0 Å². The zero-order valence-corrected chi connectivity index (χ0v) is 15.4. The minimum Gasteiger partial charge on any atom is -0.491 e. The fourth-order valence-electron chi connectivity index (χ4n) is 2.48. The molecule has 1 N–H and O–H groups in total. The molecular weight excluding hydrogens is 324 g/mol. The number of amides is 1. The summed E-state index contributed by atoms with van der Waals surface area (Å²) in [4.78, 5) is 23.9. The van der Waals surface area contributed by atoms with Crippen LogP contribution in [-0.4, -0.2) is 16.6 Å². The Hall–Kier alpha value is -2.08. The number of aryl methyl sites for hydroxylation is 1. The number of benzene rings is 1. The van der Waals surface area contributed by atoms with Gasteiger partial charge in [-0.15, -0.1) is 0 Å². The van der Waals surface area contributed by atoms with Crippen LogP contribution in [0.1, 0.15) is 44.5 Å². The van der Waals surface area contributed by atoms with Crippen molar-refractivity contribution in [2.75, 3.05) is 0 Å². The van der Waals surface area contributed by atoms with Crippen LogP contribution in [0.15, 0.2) is 34.4 Å². The van der Waals surface area contributed by atoms with Crippen molar-refractivity contribution in [3.8, 4) is 5.75 Å². The SMILES string of the molecule is Cc1csc(=O)n1CCC(=O)NC(C)c1ccccc1OC(C)C. The Labute approximate surface area is 146 Å². The first-order chi connectivity index (χ1) is 11.4. The van der Waals surface area contributed by atoms with Crippen LogP contribution in [0.5, 0.6) is 5.75 Å². The van der Waals surface area contributed by atoms with Crippen LogP contribution in [0, 0.1) is 6.92 Å². The number of nitrogens with one attached hydrogen (secondary N) is 1. The molecule has 0 bridgehead atoms. The molecule has 0 radical (unpaired) electrons. The molecule has 1 atom stereocenters. The summed E-state index contributed by atoms with van der Waals surface area (Å²) in [5.41, 5.74) is 1.84. The lowest BCUT2D eigenvalue weighted by Crippen LogP contribution is -2.29. The zero-order chi connectivity index (χ0) is 17.7. The van der Waals surface area contributed by atoms with Crippen LogP contribution < -0.4 is 14.9 Å². The summed E-state index contributed by atoms with van der Waals surface area (Å²) in [7, 11) is 0. The van der Waals surface area contributed by atoms with E-state index in [4.69, 9.17) is 4.74 Å². The Morgan fingerprint density at radius 1 is 1.29 bits per heavy atom. The van der Waals surface area contributed by atoms with Gasteiger partial charge in [0.15, 0.2) is 0 Å². The molecule has 130 valence electrons. The molecule has 1 unspecified atom stereocenters. The Morgan fingerprint density at radius 2 is 2.00 bits per heavy atom. The van der Waals surface area contributed by atoms with Gasteiger partial charge >= 0.3 is 4.87 Å². The molecule has 1 amide bonds. The van der Waals surface area contributed by atoms with E-state index in [1.165, 1.54) is 0 Å². The summed E-state index contributed by atoms with van der Waals surface area (Å²) in [5.74, 6) is 0.699. The van der Waals surface area contributed by atoms with Gasteiger partial charge in [0.05, 0.1) is 12.1 Å². The lowest BCUT2D eigenvalue weighted by molar-refractivity contribution is -0.121. The van der Waals surface area contributed by atoms with Crippen LogP contribution >= 0.6 is 11.3 Å². The van der Waals surface area contributed by atoms with E-state index in [0.29, 0.717) is 6.54 Å². The fourth-order valence-corrected chi connectivity index (χ4v) is 3.24. The predicted octanol–water partition coefficient (Wildman–Crippen LogP) is 3.27. The number of hydrogen-bond donors (Lipinski definition) is 1. The standard InChI is InChI=1S/C18H24N2O3S/c1-12(2)23-16-8-6-5-7-15(16)14(4)19-17(21)9-10-20-13(3)11-24-18(20)22/h5-8,11-12,14H,9-10H2,1-4H3,(H,19,21). The van der Waals surface area contributed by atoms with Gasteiger partial charge < -0.3 is 14.6 Å². The number of para-hydroxylation sites is 1. The molecule has 0 saturated carbocycles. The van der Waals surface area contributed by atoms with E-state index < -0.39 is 0 Å². The first kappa shape index (κ1) is 18.3. The highest BCUT2D eigenvalue weighted by Gasteiger charge is 2.15. The summed E-state index contributed by atoms with van der Waals surface area (Å²) < 4.78 is 7.43. The molecule has 5 nitrogen and oxygen atoms in total. The lowest BCUT2D eigenvalue weighted by Gasteiger charge is -2.20. The van der Waals surface area contributed by atoms with Gasteiger partial charge in [0.1, 0.15) is 5.75 Å². The highest BCUT2D eigenvalue weighted by molar-refractivity contribution is 7.07. The van der Waals surface area contributed by atoms with Crippen molar-refractivity contribution in [2.45, 2.75) is 52.8 Å². The topological polar surface area (TPSA) is 60.3 Å². The number of aromatic nitrogens is 1. The van der Waals surface area contributed by atoms with Gasteiger partial charge in [0, 0.05) is 29.6 Å². The van der Waals surface area contributed by atoms with E-state index in [9.17, 15) is 9.59 Å². The second-order valence-electron chi connectivity index (χ2n) is 6.04. The minimum atomic E-state index is -0.159. The number of thiazole rings is 1. The second-order valence-corrected chi connectivity index (χ2v) is 6.86. The molecular formula is C18H24N2O3S. The minimum absolute atomic E-state index is 0.0240. The Kier molecular flexibility index (Phi) is 6.20. The third-order valence-corrected chi connectivity index (χ3v) is 4.55. The first-order valence-corrected chi connectivity index (χ1v) is 8.96. The first-order valence-electron chi connectivity index (χ1n) is 8.08. The molecule has 1 heterocycles. The average molecular weight is 348 g/mol. The van der Waals surface area contributed by atoms with Crippen LogP contribution in [-0.2, 0) is 11.3 Å². The Morgan fingerprint density at radius 3 is 2.62 bits per heavy atom.